The normalized spacial score (nSPS) is 43.4. The quantitative estimate of drug-likeness (QED) is 0.830. The van der Waals surface area contributed by atoms with Gasteiger partial charge in [-0.3, -0.25) is 4.90 Å². The molecule has 0 bridgehead atoms. The minimum Gasteiger partial charge on any atom is -0.310 e. The summed E-state index contributed by atoms with van der Waals surface area (Å²) in [6, 6.07) is 3.34. The molecule has 0 aromatic rings. The van der Waals surface area contributed by atoms with E-state index in [0.29, 0.717) is 0 Å². The zero-order valence-corrected chi connectivity index (χ0v) is 12.0. The first-order valence-corrected chi connectivity index (χ1v) is 8.59. The summed E-state index contributed by atoms with van der Waals surface area (Å²) in [5.41, 5.74) is 0. The largest absolute Gasteiger partial charge is 0.310 e. The topological polar surface area (TPSA) is 15.3 Å². The first-order valence-electron chi connectivity index (χ1n) is 7.31. The first kappa shape index (κ1) is 12.3. The summed E-state index contributed by atoms with van der Waals surface area (Å²) < 4.78 is 0. The summed E-state index contributed by atoms with van der Waals surface area (Å²) in [6.45, 7) is 3.73. The molecule has 0 amide bonds. The molecular formula is C14H26N2S. The molecule has 98 valence electrons. The van der Waals surface area contributed by atoms with Crippen LogP contribution in [0.3, 0.4) is 0 Å². The molecule has 3 fully saturated rings. The van der Waals surface area contributed by atoms with Crippen LogP contribution < -0.4 is 5.32 Å². The molecule has 3 rings (SSSR count). The van der Waals surface area contributed by atoms with Crippen molar-refractivity contribution in [3.8, 4) is 0 Å². The van der Waals surface area contributed by atoms with E-state index in [0.717, 1.165) is 29.4 Å². The van der Waals surface area contributed by atoms with Crippen molar-refractivity contribution >= 4 is 11.8 Å². The average molecular weight is 254 g/mol. The van der Waals surface area contributed by atoms with Crippen molar-refractivity contribution in [1.29, 1.82) is 0 Å². The lowest BCUT2D eigenvalue weighted by Gasteiger charge is -2.21. The Morgan fingerprint density at radius 2 is 1.88 bits per heavy atom. The first-order chi connectivity index (χ1) is 8.26. The van der Waals surface area contributed by atoms with Crippen molar-refractivity contribution in [3.63, 3.8) is 0 Å². The van der Waals surface area contributed by atoms with Crippen molar-refractivity contribution in [3.05, 3.63) is 0 Å². The monoisotopic (exact) mass is 254 g/mol. The molecule has 4 atom stereocenters. The van der Waals surface area contributed by atoms with Gasteiger partial charge in [0, 0.05) is 36.0 Å². The SMILES string of the molecule is CSC1CCC(NC2CC(C)N(C3CC3)C2)C1. The zero-order chi connectivity index (χ0) is 11.8. The fourth-order valence-electron chi connectivity index (χ4n) is 3.73. The second kappa shape index (κ2) is 5.10. The smallest absolute Gasteiger partial charge is 0.0212 e. The van der Waals surface area contributed by atoms with E-state index in [4.69, 9.17) is 0 Å². The van der Waals surface area contributed by atoms with Gasteiger partial charge in [-0.2, -0.15) is 11.8 Å². The van der Waals surface area contributed by atoms with Crippen LogP contribution in [-0.4, -0.2) is 47.1 Å². The lowest BCUT2D eigenvalue weighted by Crippen LogP contribution is -2.39. The van der Waals surface area contributed by atoms with Crippen LogP contribution in [0, 0.1) is 0 Å². The number of rotatable bonds is 4. The molecule has 3 aliphatic rings. The maximum Gasteiger partial charge on any atom is 0.0212 e. The van der Waals surface area contributed by atoms with Gasteiger partial charge in [-0.05, 0) is 51.7 Å². The maximum absolute atomic E-state index is 3.93. The Morgan fingerprint density at radius 1 is 1.06 bits per heavy atom. The zero-order valence-electron chi connectivity index (χ0n) is 11.2. The van der Waals surface area contributed by atoms with E-state index in [9.17, 15) is 0 Å². The van der Waals surface area contributed by atoms with Gasteiger partial charge in [-0.1, -0.05) is 0 Å². The summed E-state index contributed by atoms with van der Waals surface area (Å²) in [6.07, 6.45) is 10.8. The number of hydrogen-bond donors (Lipinski definition) is 1. The Morgan fingerprint density at radius 3 is 2.53 bits per heavy atom. The van der Waals surface area contributed by atoms with Gasteiger partial charge in [0.2, 0.25) is 0 Å². The van der Waals surface area contributed by atoms with E-state index < -0.39 is 0 Å². The van der Waals surface area contributed by atoms with Crippen LogP contribution in [0.4, 0.5) is 0 Å². The molecule has 0 aromatic carbocycles. The standard InChI is InChI=1S/C14H26N2S/c1-10-7-12(9-16(10)13-4-5-13)15-11-3-6-14(8-11)17-2/h10-15H,3-9H2,1-2H3. The minimum atomic E-state index is 0.774. The minimum absolute atomic E-state index is 0.774. The molecule has 1 heterocycles. The van der Waals surface area contributed by atoms with Crippen LogP contribution in [0.2, 0.25) is 0 Å². The Labute approximate surface area is 110 Å². The van der Waals surface area contributed by atoms with Crippen molar-refractivity contribution in [2.75, 3.05) is 12.8 Å². The third-order valence-electron chi connectivity index (χ3n) is 4.83. The molecule has 2 nitrogen and oxygen atoms in total. The van der Waals surface area contributed by atoms with Gasteiger partial charge in [0.05, 0.1) is 0 Å². The lowest BCUT2D eigenvalue weighted by molar-refractivity contribution is 0.254. The average Bonchev–Trinajstić information content (AvgIpc) is 2.95. The van der Waals surface area contributed by atoms with E-state index in [1.807, 2.05) is 0 Å². The van der Waals surface area contributed by atoms with Crippen LogP contribution in [0.15, 0.2) is 0 Å². The fraction of sp³-hybridized carbons (Fsp3) is 1.00. The highest BCUT2D eigenvalue weighted by Gasteiger charge is 2.39. The predicted octanol–water partition coefficient (Wildman–Crippen LogP) is 2.49. The molecule has 0 aromatic heterocycles. The van der Waals surface area contributed by atoms with E-state index in [1.54, 1.807) is 0 Å². The molecule has 1 saturated heterocycles. The van der Waals surface area contributed by atoms with Gasteiger partial charge >= 0.3 is 0 Å². The van der Waals surface area contributed by atoms with Crippen molar-refractivity contribution < 1.29 is 0 Å². The van der Waals surface area contributed by atoms with E-state index in [-0.39, 0.29) is 0 Å². The number of thioether (sulfide) groups is 1. The third kappa shape index (κ3) is 2.82. The summed E-state index contributed by atoms with van der Waals surface area (Å²) >= 11 is 2.06. The van der Waals surface area contributed by atoms with E-state index in [1.165, 1.54) is 45.1 Å². The second-order valence-corrected chi connectivity index (χ2v) is 7.38. The third-order valence-corrected chi connectivity index (χ3v) is 5.92. The van der Waals surface area contributed by atoms with E-state index >= 15 is 0 Å². The highest BCUT2D eigenvalue weighted by Crippen LogP contribution is 2.34. The number of nitrogens with zero attached hydrogens (tertiary/aromatic N) is 1. The van der Waals surface area contributed by atoms with Gasteiger partial charge in [0.1, 0.15) is 0 Å². The van der Waals surface area contributed by atoms with Crippen LogP contribution in [0.5, 0.6) is 0 Å². The van der Waals surface area contributed by atoms with Crippen LogP contribution in [0.25, 0.3) is 0 Å². The van der Waals surface area contributed by atoms with Crippen molar-refractivity contribution in [2.45, 2.75) is 74.9 Å². The van der Waals surface area contributed by atoms with Gasteiger partial charge in [0.15, 0.2) is 0 Å². The maximum atomic E-state index is 3.93. The number of likely N-dealkylation sites (tertiary alicyclic amines) is 1. The van der Waals surface area contributed by atoms with Crippen molar-refractivity contribution in [1.82, 2.24) is 10.2 Å². The molecule has 0 radical (unpaired) electrons. The van der Waals surface area contributed by atoms with Crippen LogP contribution >= 0.6 is 11.8 Å². The van der Waals surface area contributed by atoms with Gasteiger partial charge in [-0.25, -0.2) is 0 Å². The molecule has 2 aliphatic carbocycles. The summed E-state index contributed by atoms with van der Waals surface area (Å²) in [5, 5.41) is 4.85. The highest BCUT2D eigenvalue weighted by molar-refractivity contribution is 7.99. The van der Waals surface area contributed by atoms with E-state index in [2.05, 4.69) is 35.2 Å². The Balaban J connectivity index is 1.47. The predicted molar refractivity (Wildman–Crippen MR) is 75.7 cm³/mol. The molecule has 3 heteroatoms. The molecule has 2 saturated carbocycles. The number of hydrogen-bond acceptors (Lipinski definition) is 3. The number of nitrogens with one attached hydrogen (secondary N) is 1. The summed E-state index contributed by atoms with van der Waals surface area (Å²) in [7, 11) is 0. The summed E-state index contributed by atoms with van der Waals surface area (Å²) in [4.78, 5) is 2.75. The fourth-order valence-corrected chi connectivity index (χ4v) is 4.53. The summed E-state index contributed by atoms with van der Waals surface area (Å²) in [5.74, 6) is 0. The molecular weight excluding hydrogens is 228 g/mol. The molecule has 17 heavy (non-hydrogen) atoms. The van der Waals surface area contributed by atoms with Gasteiger partial charge < -0.3 is 5.32 Å². The van der Waals surface area contributed by atoms with Crippen LogP contribution in [-0.2, 0) is 0 Å². The highest BCUT2D eigenvalue weighted by atomic mass is 32.2. The molecule has 4 unspecified atom stereocenters. The van der Waals surface area contributed by atoms with Crippen LogP contribution in [0.1, 0.15) is 45.4 Å². The Kier molecular flexibility index (Phi) is 3.69. The van der Waals surface area contributed by atoms with Crippen molar-refractivity contribution in [2.24, 2.45) is 0 Å². The molecule has 1 aliphatic heterocycles. The van der Waals surface area contributed by atoms with Gasteiger partial charge in [0.25, 0.3) is 0 Å². The second-order valence-electron chi connectivity index (χ2n) is 6.24. The Bertz CT molecular complexity index is 267. The Hall–Kier alpha value is 0.270. The molecule has 1 N–H and O–H groups in total. The lowest BCUT2D eigenvalue weighted by atomic mass is 10.1. The molecule has 0 spiro atoms. The van der Waals surface area contributed by atoms with Gasteiger partial charge in [-0.15, -0.1) is 0 Å².